The molecule has 0 saturated carbocycles. The fraction of sp³-hybridized carbons (Fsp3) is 0.364. The topological polar surface area (TPSA) is 57.5 Å². The van der Waals surface area contributed by atoms with Crippen LogP contribution in [0.15, 0.2) is 30.3 Å². The van der Waals surface area contributed by atoms with Crippen molar-refractivity contribution in [1.29, 1.82) is 0 Å². The number of halogens is 6. The molecule has 0 radical (unpaired) electrons. The Balaban J connectivity index is 3.55. The molecule has 2 N–H and O–H groups in total. The summed E-state index contributed by atoms with van der Waals surface area (Å²) in [6.07, 6.45) is -12.4. The van der Waals surface area contributed by atoms with E-state index in [1.165, 1.54) is 6.07 Å². The predicted molar refractivity (Wildman–Crippen MR) is 53.9 cm³/mol. The Morgan fingerprint density at radius 2 is 1.35 bits per heavy atom. The molecule has 9 heteroatoms. The van der Waals surface area contributed by atoms with E-state index in [0.29, 0.717) is 0 Å². The highest BCUT2D eigenvalue weighted by molar-refractivity contribution is 5.78. The van der Waals surface area contributed by atoms with Gasteiger partial charge in [-0.15, -0.1) is 0 Å². The molecule has 0 bridgehead atoms. The van der Waals surface area contributed by atoms with Crippen LogP contribution >= 0.6 is 0 Å². The number of hydrogen-bond donors (Lipinski definition) is 2. The lowest BCUT2D eigenvalue weighted by molar-refractivity contribution is -0.373. The molecular formula is C11H8F6O3. The van der Waals surface area contributed by atoms with E-state index in [1.54, 1.807) is 0 Å². The summed E-state index contributed by atoms with van der Waals surface area (Å²) in [4.78, 5) is 10.9. The molecule has 3 nitrogen and oxygen atoms in total. The number of aliphatic hydroxyl groups is 1. The van der Waals surface area contributed by atoms with Gasteiger partial charge in [-0.1, -0.05) is 30.3 Å². The van der Waals surface area contributed by atoms with E-state index in [9.17, 15) is 31.1 Å². The quantitative estimate of drug-likeness (QED) is 0.844. The zero-order valence-corrected chi connectivity index (χ0v) is 9.53. The minimum atomic E-state index is -6.20. The molecule has 0 spiro atoms. The van der Waals surface area contributed by atoms with Gasteiger partial charge in [0.25, 0.3) is 5.60 Å². The Morgan fingerprint density at radius 3 is 1.65 bits per heavy atom. The van der Waals surface area contributed by atoms with Crippen molar-refractivity contribution >= 4 is 5.97 Å². The zero-order valence-electron chi connectivity index (χ0n) is 9.53. The smallest absolute Gasteiger partial charge is 0.427 e. The van der Waals surface area contributed by atoms with E-state index >= 15 is 0 Å². The summed E-state index contributed by atoms with van der Waals surface area (Å²) in [5.41, 5.74) is -6.19. The van der Waals surface area contributed by atoms with E-state index in [1.807, 2.05) is 0 Å². The Labute approximate surface area is 108 Å². The van der Waals surface area contributed by atoms with Crippen molar-refractivity contribution in [3.8, 4) is 0 Å². The first-order valence-corrected chi connectivity index (χ1v) is 5.06. The SMILES string of the molecule is O=C(O)C(c1ccccc1)C(O)(C(F)(F)F)C(F)(F)F. The molecule has 0 fully saturated rings. The summed E-state index contributed by atoms with van der Waals surface area (Å²) < 4.78 is 76.0. The maximum Gasteiger partial charge on any atom is 0.427 e. The standard InChI is InChI=1S/C11H8F6O3/c12-10(13,14)9(20,11(15,16)17)7(8(18)19)6-4-2-1-3-5-6/h1-5,7,20H,(H,18,19). The summed E-state index contributed by atoms with van der Waals surface area (Å²) in [6.45, 7) is 0. The molecule has 1 unspecified atom stereocenters. The van der Waals surface area contributed by atoms with Crippen LogP contribution in [-0.4, -0.2) is 34.1 Å². The van der Waals surface area contributed by atoms with Crippen LogP contribution in [-0.2, 0) is 4.79 Å². The van der Waals surface area contributed by atoms with Gasteiger partial charge < -0.3 is 10.2 Å². The summed E-state index contributed by atoms with van der Waals surface area (Å²) in [5, 5.41) is 17.9. The first-order valence-electron chi connectivity index (χ1n) is 5.06. The number of aliphatic carboxylic acids is 1. The lowest BCUT2D eigenvalue weighted by Gasteiger charge is -2.36. The molecule has 1 rings (SSSR count). The molecular weight excluding hydrogens is 294 g/mol. The van der Waals surface area contributed by atoms with Gasteiger partial charge in [-0.25, -0.2) is 0 Å². The van der Waals surface area contributed by atoms with Crippen LogP contribution in [0.5, 0.6) is 0 Å². The molecule has 112 valence electrons. The molecule has 0 aromatic heterocycles. The average Bonchev–Trinajstić information content (AvgIpc) is 2.26. The van der Waals surface area contributed by atoms with Crippen molar-refractivity contribution in [2.24, 2.45) is 0 Å². The summed E-state index contributed by atoms with van der Waals surface area (Å²) >= 11 is 0. The van der Waals surface area contributed by atoms with Crippen molar-refractivity contribution in [1.82, 2.24) is 0 Å². The Hall–Kier alpha value is -1.77. The fourth-order valence-electron chi connectivity index (χ4n) is 1.70. The van der Waals surface area contributed by atoms with E-state index in [-0.39, 0.29) is 0 Å². The van der Waals surface area contributed by atoms with Gasteiger partial charge in [0.2, 0.25) is 0 Å². The molecule has 0 aliphatic rings. The number of rotatable bonds is 3. The Kier molecular flexibility index (Phi) is 4.04. The maximum atomic E-state index is 12.7. The number of hydrogen-bond acceptors (Lipinski definition) is 2. The van der Waals surface area contributed by atoms with Gasteiger partial charge in [-0.2, -0.15) is 26.3 Å². The summed E-state index contributed by atoms with van der Waals surface area (Å²) in [5.74, 6) is -5.66. The van der Waals surface area contributed by atoms with Gasteiger partial charge in [0.15, 0.2) is 0 Å². The highest BCUT2D eigenvalue weighted by Gasteiger charge is 2.75. The maximum absolute atomic E-state index is 12.7. The fourth-order valence-corrected chi connectivity index (χ4v) is 1.70. The summed E-state index contributed by atoms with van der Waals surface area (Å²) in [6, 6.07) is 4.95. The van der Waals surface area contributed by atoms with Gasteiger partial charge >= 0.3 is 18.3 Å². The molecule has 1 aromatic rings. The van der Waals surface area contributed by atoms with Crippen LogP contribution in [0.25, 0.3) is 0 Å². The van der Waals surface area contributed by atoms with Crippen LogP contribution in [0, 0.1) is 0 Å². The highest BCUT2D eigenvalue weighted by atomic mass is 19.4. The van der Waals surface area contributed by atoms with Crippen molar-refractivity contribution in [3.63, 3.8) is 0 Å². The van der Waals surface area contributed by atoms with Crippen molar-refractivity contribution < 1.29 is 41.4 Å². The number of benzene rings is 1. The third-order valence-electron chi connectivity index (χ3n) is 2.66. The molecule has 0 saturated heterocycles. The zero-order chi connectivity index (χ0) is 15.8. The van der Waals surface area contributed by atoms with Crippen molar-refractivity contribution in [2.75, 3.05) is 0 Å². The lowest BCUT2D eigenvalue weighted by atomic mass is 9.80. The second-order valence-corrected chi connectivity index (χ2v) is 3.94. The molecule has 0 heterocycles. The highest BCUT2D eigenvalue weighted by Crippen LogP contribution is 2.51. The molecule has 1 atom stereocenters. The van der Waals surface area contributed by atoms with E-state index in [0.717, 1.165) is 24.3 Å². The van der Waals surface area contributed by atoms with Crippen LogP contribution in [0.3, 0.4) is 0 Å². The lowest BCUT2D eigenvalue weighted by Crippen LogP contribution is -2.62. The largest absolute Gasteiger partial charge is 0.481 e. The van der Waals surface area contributed by atoms with Gasteiger partial charge in [0.05, 0.1) is 0 Å². The Morgan fingerprint density at radius 1 is 0.950 bits per heavy atom. The first kappa shape index (κ1) is 16.3. The average molecular weight is 302 g/mol. The van der Waals surface area contributed by atoms with Crippen LogP contribution < -0.4 is 0 Å². The monoisotopic (exact) mass is 302 g/mol. The predicted octanol–water partition coefficient (Wildman–Crippen LogP) is 2.71. The van der Waals surface area contributed by atoms with Gasteiger partial charge in [-0.3, -0.25) is 4.79 Å². The minimum absolute atomic E-state index is 0.765. The minimum Gasteiger partial charge on any atom is -0.481 e. The second-order valence-electron chi connectivity index (χ2n) is 3.94. The van der Waals surface area contributed by atoms with Gasteiger partial charge in [0.1, 0.15) is 5.92 Å². The van der Waals surface area contributed by atoms with Crippen molar-refractivity contribution in [3.05, 3.63) is 35.9 Å². The van der Waals surface area contributed by atoms with Crippen LogP contribution in [0.2, 0.25) is 0 Å². The third kappa shape index (κ3) is 2.58. The van der Waals surface area contributed by atoms with E-state index in [4.69, 9.17) is 10.2 Å². The van der Waals surface area contributed by atoms with E-state index in [2.05, 4.69) is 0 Å². The number of carboxylic acids is 1. The first-order chi connectivity index (χ1) is 8.93. The molecule has 20 heavy (non-hydrogen) atoms. The molecule has 1 aromatic carbocycles. The number of carbonyl (C=O) groups is 1. The third-order valence-corrected chi connectivity index (χ3v) is 2.66. The number of alkyl halides is 6. The Bertz CT molecular complexity index is 465. The molecule has 0 aliphatic carbocycles. The van der Waals surface area contributed by atoms with Gasteiger partial charge in [-0.05, 0) is 5.56 Å². The molecule has 0 amide bonds. The molecule has 0 aliphatic heterocycles. The van der Waals surface area contributed by atoms with Gasteiger partial charge in [0, 0.05) is 0 Å². The van der Waals surface area contributed by atoms with Crippen molar-refractivity contribution in [2.45, 2.75) is 23.9 Å². The number of carboxylic acid groups (broad SMARTS) is 1. The second kappa shape index (κ2) is 4.97. The van der Waals surface area contributed by atoms with E-state index < -0.39 is 35.4 Å². The summed E-state index contributed by atoms with van der Waals surface area (Å²) in [7, 11) is 0. The van der Waals surface area contributed by atoms with Crippen LogP contribution in [0.4, 0.5) is 26.3 Å². The normalized spacial score (nSPS) is 14.9. The van der Waals surface area contributed by atoms with Crippen LogP contribution in [0.1, 0.15) is 11.5 Å².